The zero-order valence-corrected chi connectivity index (χ0v) is 10.2. The number of hydrogen-bond donors (Lipinski definition) is 1. The summed E-state index contributed by atoms with van der Waals surface area (Å²) in [6, 6.07) is 7.05. The highest BCUT2D eigenvalue weighted by molar-refractivity contribution is 6.32. The number of carbonyl (C=O) groups excluding carboxylic acids is 1. The Morgan fingerprint density at radius 3 is 2.42 bits per heavy atom. The van der Waals surface area contributed by atoms with Crippen LogP contribution in [0.2, 0.25) is 5.15 Å². The summed E-state index contributed by atoms with van der Waals surface area (Å²) in [5.41, 5.74) is 6.07. The van der Waals surface area contributed by atoms with Crippen molar-refractivity contribution in [3.63, 3.8) is 0 Å². The van der Waals surface area contributed by atoms with Gasteiger partial charge in [-0.15, -0.1) is 10.2 Å². The molecule has 1 heterocycles. The first-order chi connectivity index (χ1) is 8.99. The number of aromatic nitrogens is 2. The average molecular weight is 279 g/mol. The molecule has 2 aromatic rings. The first-order valence-electron chi connectivity index (χ1n) is 5.07. The number of carbonyl (C=O) groups is 1. The van der Waals surface area contributed by atoms with Crippen molar-refractivity contribution in [2.24, 2.45) is 5.73 Å². The fourth-order valence-corrected chi connectivity index (χ4v) is 1.63. The molecule has 0 aliphatic rings. The van der Waals surface area contributed by atoms with E-state index in [-0.39, 0.29) is 16.4 Å². The Bertz CT molecular complexity index is 657. The molecule has 0 spiro atoms. The Balaban J connectivity index is 2.44. The van der Waals surface area contributed by atoms with Gasteiger partial charge in [-0.05, 0) is 18.2 Å². The van der Waals surface area contributed by atoms with Gasteiger partial charge in [0.1, 0.15) is 0 Å². The molecule has 0 fully saturated rings. The maximum atomic E-state index is 11.1. The first kappa shape index (κ1) is 12.9. The Kier molecular flexibility index (Phi) is 3.39. The molecule has 1 aromatic carbocycles. The number of benzene rings is 1. The molecule has 0 saturated heterocycles. The quantitative estimate of drug-likeness (QED) is 0.679. The van der Waals surface area contributed by atoms with Crippen molar-refractivity contribution >= 4 is 23.2 Å². The van der Waals surface area contributed by atoms with Crippen LogP contribution in [0.1, 0.15) is 10.4 Å². The standard InChI is InChI=1S/C11H7ClN4O3/c12-10-8(11(13)17)5-9(14-15-10)6-1-3-7(4-2-6)16(18)19/h1-5H,(H2,13,17). The molecule has 1 aromatic heterocycles. The van der Waals surface area contributed by atoms with Crippen molar-refractivity contribution in [2.45, 2.75) is 0 Å². The van der Waals surface area contributed by atoms with Crippen molar-refractivity contribution in [1.82, 2.24) is 10.2 Å². The van der Waals surface area contributed by atoms with Crippen LogP contribution in [0.25, 0.3) is 11.3 Å². The van der Waals surface area contributed by atoms with Crippen molar-refractivity contribution in [1.29, 1.82) is 0 Å². The fourth-order valence-electron chi connectivity index (χ4n) is 1.44. The van der Waals surface area contributed by atoms with Gasteiger partial charge >= 0.3 is 0 Å². The van der Waals surface area contributed by atoms with Crippen LogP contribution in [-0.4, -0.2) is 21.0 Å². The van der Waals surface area contributed by atoms with Crippen LogP contribution in [0, 0.1) is 10.1 Å². The Morgan fingerprint density at radius 1 is 1.26 bits per heavy atom. The molecule has 0 atom stereocenters. The number of hydrogen-bond acceptors (Lipinski definition) is 5. The van der Waals surface area contributed by atoms with Crippen LogP contribution < -0.4 is 5.73 Å². The van der Waals surface area contributed by atoms with Gasteiger partial charge in [-0.25, -0.2) is 0 Å². The summed E-state index contributed by atoms with van der Waals surface area (Å²) in [5.74, 6) is -0.719. The third-order valence-corrected chi connectivity index (χ3v) is 2.67. The van der Waals surface area contributed by atoms with Crippen LogP contribution in [0.3, 0.4) is 0 Å². The average Bonchev–Trinajstić information content (AvgIpc) is 2.39. The second kappa shape index (κ2) is 4.99. The van der Waals surface area contributed by atoms with Gasteiger partial charge in [0.15, 0.2) is 5.15 Å². The van der Waals surface area contributed by atoms with E-state index in [1.54, 1.807) is 0 Å². The molecule has 19 heavy (non-hydrogen) atoms. The number of primary amides is 1. The monoisotopic (exact) mass is 278 g/mol. The predicted molar refractivity (Wildman–Crippen MR) is 67.7 cm³/mol. The largest absolute Gasteiger partial charge is 0.366 e. The molecule has 8 heteroatoms. The molecule has 2 N–H and O–H groups in total. The van der Waals surface area contributed by atoms with E-state index >= 15 is 0 Å². The molecule has 0 saturated carbocycles. The van der Waals surface area contributed by atoms with Crippen LogP contribution in [-0.2, 0) is 0 Å². The summed E-state index contributed by atoms with van der Waals surface area (Å²) in [6.45, 7) is 0. The minimum Gasteiger partial charge on any atom is -0.366 e. The van der Waals surface area contributed by atoms with Gasteiger partial charge in [0.25, 0.3) is 11.6 Å². The normalized spacial score (nSPS) is 10.2. The SMILES string of the molecule is NC(=O)c1cc(-c2ccc([N+](=O)[O-])cc2)nnc1Cl. The zero-order valence-electron chi connectivity index (χ0n) is 9.41. The van der Waals surface area contributed by atoms with E-state index < -0.39 is 10.8 Å². The third-order valence-electron chi connectivity index (χ3n) is 2.39. The number of nitrogens with zero attached hydrogens (tertiary/aromatic N) is 3. The Morgan fingerprint density at radius 2 is 1.89 bits per heavy atom. The Hall–Kier alpha value is -2.54. The lowest BCUT2D eigenvalue weighted by molar-refractivity contribution is -0.384. The fraction of sp³-hybridized carbons (Fsp3) is 0. The van der Waals surface area contributed by atoms with Gasteiger partial charge in [0.05, 0.1) is 16.2 Å². The number of nitrogens with two attached hydrogens (primary N) is 1. The molecule has 0 aliphatic carbocycles. The van der Waals surface area contributed by atoms with Gasteiger partial charge in [0, 0.05) is 17.7 Å². The van der Waals surface area contributed by atoms with Crippen molar-refractivity contribution in [3.8, 4) is 11.3 Å². The summed E-state index contributed by atoms with van der Waals surface area (Å²) in [4.78, 5) is 21.2. The highest BCUT2D eigenvalue weighted by Crippen LogP contribution is 2.22. The van der Waals surface area contributed by atoms with Crippen LogP contribution in [0.15, 0.2) is 30.3 Å². The number of nitro benzene ring substituents is 1. The molecule has 1 amide bonds. The van der Waals surface area contributed by atoms with Gasteiger partial charge in [-0.1, -0.05) is 11.6 Å². The van der Waals surface area contributed by atoms with E-state index in [1.165, 1.54) is 30.3 Å². The smallest absolute Gasteiger partial charge is 0.269 e. The third kappa shape index (κ3) is 2.66. The summed E-state index contributed by atoms with van der Waals surface area (Å²) >= 11 is 5.68. The molecule has 0 unspecified atom stereocenters. The van der Waals surface area contributed by atoms with Crippen LogP contribution in [0.5, 0.6) is 0 Å². The number of nitro groups is 1. The molecule has 0 radical (unpaired) electrons. The lowest BCUT2D eigenvalue weighted by atomic mass is 10.1. The van der Waals surface area contributed by atoms with Gasteiger partial charge in [-0.2, -0.15) is 0 Å². The minimum atomic E-state index is -0.719. The molecular formula is C11H7ClN4O3. The molecule has 2 rings (SSSR count). The second-order valence-corrected chi connectivity index (χ2v) is 3.96. The molecule has 0 bridgehead atoms. The summed E-state index contributed by atoms with van der Waals surface area (Å²) in [5, 5.41) is 17.9. The maximum Gasteiger partial charge on any atom is 0.269 e. The van der Waals surface area contributed by atoms with Gasteiger partial charge < -0.3 is 5.73 Å². The number of non-ortho nitro benzene ring substituents is 1. The number of rotatable bonds is 3. The van der Waals surface area contributed by atoms with E-state index in [2.05, 4.69) is 10.2 Å². The highest BCUT2D eigenvalue weighted by atomic mass is 35.5. The minimum absolute atomic E-state index is 0.0409. The topological polar surface area (TPSA) is 112 Å². The van der Waals surface area contributed by atoms with E-state index in [9.17, 15) is 14.9 Å². The molecule has 0 aliphatic heterocycles. The summed E-state index contributed by atoms with van der Waals surface area (Å²) in [6.07, 6.45) is 0. The van der Waals surface area contributed by atoms with E-state index in [0.29, 0.717) is 11.3 Å². The lowest BCUT2D eigenvalue weighted by Gasteiger charge is -2.03. The van der Waals surface area contributed by atoms with Gasteiger partial charge in [-0.3, -0.25) is 14.9 Å². The van der Waals surface area contributed by atoms with Gasteiger partial charge in [0.2, 0.25) is 0 Å². The van der Waals surface area contributed by atoms with E-state index in [1.807, 2.05) is 0 Å². The van der Waals surface area contributed by atoms with Crippen LogP contribution in [0.4, 0.5) is 5.69 Å². The zero-order chi connectivity index (χ0) is 14.0. The van der Waals surface area contributed by atoms with Crippen molar-refractivity contribution in [3.05, 3.63) is 51.2 Å². The maximum absolute atomic E-state index is 11.1. The molecule has 96 valence electrons. The molecular weight excluding hydrogens is 272 g/mol. The summed E-state index contributed by atoms with van der Waals surface area (Å²) < 4.78 is 0. The second-order valence-electron chi connectivity index (χ2n) is 3.60. The molecule has 7 nitrogen and oxygen atoms in total. The van der Waals surface area contributed by atoms with Crippen molar-refractivity contribution < 1.29 is 9.72 Å². The predicted octanol–water partition coefficient (Wildman–Crippen LogP) is 1.80. The first-order valence-corrected chi connectivity index (χ1v) is 5.44. The lowest BCUT2D eigenvalue weighted by Crippen LogP contribution is -2.13. The number of halogens is 1. The summed E-state index contributed by atoms with van der Waals surface area (Å²) in [7, 11) is 0. The van der Waals surface area contributed by atoms with E-state index in [4.69, 9.17) is 17.3 Å². The highest BCUT2D eigenvalue weighted by Gasteiger charge is 2.12. The number of amides is 1. The van der Waals surface area contributed by atoms with E-state index in [0.717, 1.165) is 0 Å². The van der Waals surface area contributed by atoms with Crippen LogP contribution >= 0.6 is 11.6 Å². The Labute approximate surface area is 112 Å². The van der Waals surface area contributed by atoms with Crippen molar-refractivity contribution in [2.75, 3.05) is 0 Å².